The minimum atomic E-state index is -3.68. The van der Waals surface area contributed by atoms with Crippen LogP contribution in [0.2, 0.25) is 0 Å². The fourth-order valence-electron chi connectivity index (χ4n) is 3.87. The van der Waals surface area contributed by atoms with E-state index in [-0.39, 0.29) is 10.6 Å². The summed E-state index contributed by atoms with van der Waals surface area (Å²) < 4.78 is 28.4. The monoisotopic (exact) mass is 452 g/mol. The standard InChI is InChI=1S/C20H28N4O4S2/c1-4-24(5-2)30(27,28)13-11-15(23(3)12-13)19(26)22-20-17(18(21)25)14-9-7-6-8-10-16(14)29-20/h11-12H,4-10H2,1-3H3,(H2,21,25)(H,22,26). The van der Waals surface area contributed by atoms with Gasteiger partial charge in [-0.15, -0.1) is 11.3 Å². The molecule has 0 unspecified atom stereocenters. The smallest absolute Gasteiger partial charge is 0.272 e. The number of nitrogens with two attached hydrogens (primary N) is 1. The first-order valence-electron chi connectivity index (χ1n) is 10.1. The Kier molecular flexibility index (Phi) is 6.68. The van der Waals surface area contributed by atoms with Crippen LogP contribution in [0.1, 0.15) is 64.4 Å². The molecule has 0 bridgehead atoms. The van der Waals surface area contributed by atoms with Crippen LogP contribution in [0.15, 0.2) is 17.2 Å². The average Bonchev–Trinajstić information content (AvgIpc) is 3.15. The van der Waals surface area contributed by atoms with Gasteiger partial charge in [-0.05, 0) is 37.3 Å². The van der Waals surface area contributed by atoms with Crippen LogP contribution >= 0.6 is 11.3 Å². The van der Waals surface area contributed by atoms with Gasteiger partial charge in [0.15, 0.2) is 0 Å². The number of hydrogen-bond acceptors (Lipinski definition) is 5. The number of anilines is 1. The molecule has 2 amide bonds. The number of carbonyl (C=O) groups excluding carboxylic acids is 2. The van der Waals surface area contributed by atoms with Gasteiger partial charge in [0.05, 0.1) is 5.56 Å². The number of rotatable bonds is 7. The molecular formula is C20H28N4O4S2. The molecular weight excluding hydrogens is 424 g/mol. The van der Waals surface area contributed by atoms with Crippen molar-refractivity contribution in [3.05, 3.63) is 34.0 Å². The molecule has 0 aliphatic heterocycles. The largest absolute Gasteiger partial charge is 0.365 e. The van der Waals surface area contributed by atoms with Crippen molar-refractivity contribution in [1.82, 2.24) is 8.87 Å². The molecule has 3 rings (SSSR count). The predicted octanol–water partition coefficient (Wildman–Crippen LogP) is 2.74. The zero-order valence-corrected chi connectivity index (χ0v) is 19.2. The average molecular weight is 453 g/mol. The van der Waals surface area contributed by atoms with Gasteiger partial charge in [0.2, 0.25) is 10.0 Å². The molecule has 0 saturated heterocycles. The molecule has 0 spiro atoms. The van der Waals surface area contributed by atoms with Gasteiger partial charge in [-0.2, -0.15) is 4.31 Å². The third-order valence-electron chi connectivity index (χ3n) is 5.45. The Morgan fingerprint density at radius 1 is 1.20 bits per heavy atom. The molecule has 2 aromatic heterocycles. The zero-order chi connectivity index (χ0) is 22.1. The summed E-state index contributed by atoms with van der Waals surface area (Å²) in [5.74, 6) is -1.03. The first-order valence-corrected chi connectivity index (χ1v) is 12.4. The molecule has 0 atom stereocenters. The molecule has 2 heterocycles. The molecule has 1 aliphatic rings. The van der Waals surface area contributed by atoms with Gasteiger partial charge >= 0.3 is 0 Å². The number of primary amides is 1. The Labute approximate surface area is 181 Å². The van der Waals surface area contributed by atoms with Crippen molar-refractivity contribution >= 4 is 38.2 Å². The van der Waals surface area contributed by atoms with Crippen LogP contribution in [-0.2, 0) is 29.9 Å². The summed E-state index contributed by atoms with van der Waals surface area (Å²) in [5.41, 5.74) is 7.15. The highest BCUT2D eigenvalue weighted by Gasteiger charge is 2.28. The Bertz CT molecular complexity index is 1060. The van der Waals surface area contributed by atoms with E-state index in [1.807, 2.05) is 0 Å². The van der Waals surface area contributed by atoms with Crippen molar-refractivity contribution in [1.29, 1.82) is 0 Å². The fourth-order valence-corrected chi connectivity index (χ4v) is 6.69. The lowest BCUT2D eigenvalue weighted by Gasteiger charge is -2.17. The summed E-state index contributed by atoms with van der Waals surface area (Å²) in [4.78, 5) is 26.2. The number of carbonyl (C=O) groups is 2. The quantitative estimate of drug-likeness (QED) is 0.629. The van der Waals surface area contributed by atoms with E-state index in [0.29, 0.717) is 23.7 Å². The van der Waals surface area contributed by atoms with E-state index in [1.54, 1.807) is 20.9 Å². The van der Waals surface area contributed by atoms with Crippen molar-refractivity contribution in [2.75, 3.05) is 18.4 Å². The minimum absolute atomic E-state index is 0.0657. The number of aromatic nitrogens is 1. The maximum Gasteiger partial charge on any atom is 0.272 e. The third-order valence-corrected chi connectivity index (χ3v) is 8.67. The van der Waals surface area contributed by atoms with Crippen molar-refractivity contribution in [2.24, 2.45) is 12.8 Å². The maximum atomic E-state index is 13.0. The first-order chi connectivity index (χ1) is 14.2. The third kappa shape index (κ3) is 4.17. The van der Waals surface area contributed by atoms with Crippen LogP contribution in [0, 0.1) is 0 Å². The summed E-state index contributed by atoms with van der Waals surface area (Å²) >= 11 is 1.39. The van der Waals surface area contributed by atoms with Crippen molar-refractivity contribution < 1.29 is 18.0 Å². The highest BCUT2D eigenvalue weighted by atomic mass is 32.2. The molecule has 2 aromatic rings. The molecule has 0 saturated carbocycles. The molecule has 0 aromatic carbocycles. The van der Waals surface area contributed by atoms with Crippen molar-refractivity contribution in [3.8, 4) is 0 Å². The maximum absolute atomic E-state index is 13.0. The van der Waals surface area contributed by atoms with E-state index in [1.165, 1.54) is 32.5 Å². The van der Waals surface area contributed by atoms with E-state index in [9.17, 15) is 18.0 Å². The summed E-state index contributed by atoms with van der Waals surface area (Å²) in [6, 6.07) is 1.37. The van der Waals surface area contributed by atoms with Gasteiger partial charge in [0, 0.05) is 31.2 Å². The predicted molar refractivity (Wildman–Crippen MR) is 118 cm³/mol. The van der Waals surface area contributed by atoms with Gasteiger partial charge in [-0.1, -0.05) is 20.3 Å². The number of hydrogen-bond donors (Lipinski definition) is 2. The fraction of sp³-hybridized carbons (Fsp3) is 0.500. The van der Waals surface area contributed by atoms with Gasteiger partial charge in [0.25, 0.3) is 11.8 Å². The molecule has 0 radical (unpaired) electrons. The number of aryl methyl sites for hydroxylation is 2. The van der Waals surface area contributed by atoms with E-state index in [0.717, 1.165) is 42.5 Å². The van der Waals surface area contributed by atoms with Crippen molar-refractivity contribution in [3.63, 3.8) is 0 Å². The molecule has 10 heteroatoms. The molecule has 164 valence electrons. The van der Waals surface area contributed by atoms with E-state index in [4.69, 9.17) is 5.73 Å². The van der Waals surface area contributed by atoms with Gasteiger partial charge < -0.3 is 15.6 Å². The number of sulfonamides is 1. The molecule has 3 N–H and O–H groups in total. The van der Waals surface area contributed by atoms with Crippen molar-refractivity contribution in [2.45, 2.75) is 50.8 Å². The Balaban J connectivity index is 1.93. The van der Waals surface area contributed by atoms with E-state index < -0.39 is 21.8 Å². The first kappa shape index (κ1) is 22.5. The summed E-state index contributed by atoms with van der Waals surface area (Å²) in [5, 5.41) is 3.24. The SMILES string of the molecule is CCN(CC)S(=O)(=O)c1cc(C(=O)Nc2sc3c(c2C(N)=O)CCCCC3)n(C)c1. The van der Waals surface area contributed by atoms with Crippen LogP contribution in [0.3, 0.4) is 0 Å². The normalized spacial score (nSPS) is 14.4. The molecule has 1 aliphatic carbocycles. The second-order valence-corrected chi connectivity index (χ2v) is 10.4. The number of nitrogens with zero attached hydrogens (tertiary/aromatic N) is 2. The van der Waals surface area contributed by atoms with E-state index >= 15 is 0 Å². The Morgan fingerprint density at radius 2 is 1.87 bits per heavy atom. The van der Waals surface area contributed by atoms with Crippen LogP contribution in [0.25, 0.3) is 0 Å². The minimum Gasteiger partial charge on any atom is -0.365 e. The van der Waals surface area contributed by atoms with E-state index in [2.05, 4.69) is 5.32 Å². The Hall–Kier alpha value is -2.17. The van der Waals surface area contributed by atoms with Gasteiger partial charge in [-0.25, -0.2) is 8.42 Å². The van der Waals surface area contributed by atoms with Gasteiger partial charge in [0.1, 0.15) is 15.6 Å². The number of fused-ring (bicyclic) bond motifs is 1. The number of nitrogens with one attached hydrogen (secondary N) is 1. The second kappa shape index (κ2) is 8.91. The molecule has 30 heavy (non-hydrogen) atoms. The number of amides is 2. The highest BCUT2D eigenvalue weighted by Crippen LogP contribution is 2.37. The van der Waals surface area contributed by atoms with Crippen LogP contribution in [-0.4, -0.2) is 42.2 Å². The number of thiophene rings is 1. The van der Waals surface area contributed by atoms with Crippen LogP contribution in [0.5, 0.6) is 0 Å². The second-order valence-electron chi connectivity index (χ2n) is 7.35. The molecule has 0 fully saturated rings. The lowest BCUT2D eigenvalue weighted by atomic mass is 10.1. The van der Waals surface area contributed by atoms with Crippen LogP contribution in [0.4, 0.5) is 5.00 Å². The summed E-state index contributed by atoms with van der Waals surface area (Å²) in [6.07, 6.45) is 6.21. The van der Waals surface area contributed by atoms with Crippen LogP contribution < -0.4 is 11.1 Å². The lowest BCUT2D eigenvalue weighted by molar-refractivity contribution is 0.100. The van der Waals surface area contributed by atoms with Gasteiger partial charge in [-0.3, -0.25) is 9.59 Å². The Morgan fingerprint density at radius 3 is 2.50 bits per heavy atom. The molecule has 8 nitrogen and oxygen atoms in total. The zero-order valence-electron chi connectivity index (χ0n) is 17.5. The summed E-state index contributed by atoms with van der Waals surface area (Å²) in [6.45, 7) is 4.23. The lowest BCUT2D eigenvalue weighted by Crippen LogP contribution is -2.30. The highest BCUT2D eigenvalue weighted by molar-refractivity contribution is 7.89. The summed E-state index contributed by atoms with van der Waals surface area (Å²) in [7, 11) is -2.06. The topological polar surface area (TPSA) is 114 Å².